The lowest BCUT2D eigenvalue weighted by molar-refractivity contribution is 0.0695. The van der Waals surface area contributed by atoms with E-state index in [0.29, 0.717) is 38.8 Å². The maximum Gasteiger partial charge on any atom is 0.336 e. The molecule has 0 saturated carbocycles. The van der Waals surface area contributed by atoms with Crippen molar-refractivity contribution in [1.82, 2.24) is 15.0 Å². The van der Waals surface area contributed by atoms with Gasteiger partial charge in [0.1, 0.15) is 11.6 Å². The highest BCUT2D eigenvalue weighted by molar-refractivity contribution is 6.33. The van der Waals surface area contributed by atoms with Gasteiger partial charge in [0, 0.05) is 5.56 Å². The minimum atomic E-state index is -1.04. The van der Waals surface area contributed by atoms with Gasteiger partial charge in [0.25, 0.3) is 0 Å². The largest absolute Gasteiger partial charge is 0.478 e. The van der Waals surface area contributed by atoms with Gasteiger partial charge in [-0.05, 0) is 42.8 Å². The second-order valence-corrected chi connectivity index (χ2v) is 6.53. The first-order chi connectivity index (χ1) is 13.4. The van der Waals surface area contributed by atoms with Crippen molar-refractivity contribution in [2.75, 3.05) is 0 Å². The Morgan fingerprint density at radius 1 is 1.18 bits per heavy atom. The molecule has 0 aliphatic carbocycles. The number of H-pyrrole nitrogens is 1. The summed E-state index contributed by atoms with van der Waals surface area (Å²) in [4.78, 5) is 22.9. The van der Waals surface area contributed by atoms with E-state index in [4.69, 9.17) is 16.3 Å². The van der Waals surface area contributed by atoms with Gasteiger partial charge >= 0.3 is 12.0 Å². The second kappa shape index (κ2) is 6.94. The van der Waals surface area contributed by atoms with Gasteiger partial charge in [-0.3, -0.25) is 0 Å². The maximum absolute atomic E-state index is 13.5. The minimum absolute atomic E-state index is 0.134. The molecule has 0 radical (unpaired) electrons. The fraction of sp³-hybridized carbons (Fsp3) is 0.0500. The summed E-state index contributed by atoms with van der Waals surface area (Å²) in [6, 6.07) is 12.4. The Balaban J connectivity index is 1.71. The summed E-state index contributed by atoms with van der Waals surface area (Å²) >= 11 is 6.29. The number of aryl methyl sites for hydroxylation is 1. The number of aromatic amines is 1. The molecule has 2 heterocycles. The van der Waals surface area contributed by atoms with Crippen LogP contribution in [0.25, 0.3) is 22.4 Å². The maximum atomic E-state index is 13.5. The average Bonchev–Trinajstić information content (AvgIpc) is 3.03. The zero-order valence-corrected chi connectivity index (χ0v) is 15.3. The molecule has 4 aromatic rings. The summed E-state index contributed by atoms with van der Waals surface area (Å²) in [6.45, 7) is 1.70. The summed E-state index contributed by atoms with van der Waals surface area (Å²) in [7, 11) is 0. The number of aromatic nitrogens is 3. The van der Waals surface area contributed by atoms with Crippen LogP contribution < -0.4 is 4.74 Å². The zero-order valence-electron chi connectivity index (χ0n) is 14.5. The Morgan fingerprint density at radius 2 is 2.00 bits per heavy atom. The van der Waals surface area contributed by atoms with E-state index in [1.807, 2.05) is 0 Å². The van der Waals surface area contributed by atoms with Crippen LogP contribution in [0.1, 0.15) is 15.9 Å². The van der Waals surface area contributed by atoms with Gasteiger partial charge in [0.15, 0.2) is 5.65 Å². The van der Waals surface area contributed by atoms with Crippen LogP contribution in [0.15, 0.2) is 48.5 Å². The highest BCUT2D eigenvalue weighted by Gasteiger charge is 2.14. The Kier molecular flexibility index (Phi) is 4.44. The number of hydrogen-bond acceptors (Lipinski definition) is 4. The van der Waals surface area contributed by atoms with E-state index in [9.17, 15) is 14.3 Å². The predicted octanol–water partition coefficient (Wildman–Crippen LogP) is 5.22. The highest BCUT2D eigenvalue weighted by Crippen LogP contribution is 2.31. The van der Waals surface area contributed by atoms with Crippen LogP contribution in [-0.2, 0) is 0 Å². The van der Waals surface area contributed by atoms with Crippen molar-refractivity contribution in [3.8, 4) is 23.0 Å². The third-order valence-electron chi connectivity index (χ3n) is 4.16. The van der Waals surface area contributed by atoms with Gasteiger partial charge in [-0.25, -0.2) is 14.2 Å². The molecule has 2 N–H and O–H groups in total. The molecule has 8 heteroatoms. The predicted molar refractivity (Wildman–Crippen MR) is 103 cm³/mol. The SMILES string of the molecule is Cc1ccc(Oc2nc3nc(-c4cccc(F)c4)c(Cl)cc3[nH]2)cc1C(=O)O. The first kappa shape index (κ1) is 17.9. The number of imidazole rings is 1. The second-order valence-electron chi connectivity index (χ2n) is 6.13. The number of pyridine rings is 1. The van der Waals surface area contributed by atoms with Crippen LogP contribution in [0.2, 0.25) is 5.02 Å². The Bertz CT molecular complexity index is 1220. The molecule has 2 aromatic carbocycles. The number of halogens is 2. The van der Waals surface area contributed by atoms with Gasteiger partial charge in [-0.15, -0.1) is 0 Å². The third-order valence-corrected chi connectivity index (χ3v) is 4.45. The lowest BCUT2D eigenvalue weighted by Gasteiger charge is -2.05. The Morgan fingerprint density at radius 3 is 2.75 bits per heavy atom. The van der Waals surface area contributed by atoms with Crippen molar-refractivity contribution in [2.45, 2.75) is 6.92 Å². The van der Waals surface area contributed by atoms with Gasteiger partial charge in [0.05, 0.1) is 21.8 Å². The Labute approximate surface area is 163 Å². The zero-order chi connectivity index (χ0) is 19.8. The van der Waals surface area contributed by atoms with Gasteiger partial charge in [-0.2, -0.15) is 4.98 Å². The molecule has 2 aromatic heterocycles. The van der Waals surface area contributed by atoms with E-state index in [1.165, 1.54) is 18.2 Å². The van der Waals surface area contributed by atoms with Crippen molar-refractivity contribution < 1.29 is 19.0 Å². The van der Waals surface area contributed by atoms with Crippen LogP contribution in [0.3, 0.4) is 0 Å². The number of carboxylic acids is 1. The molecule has 0 fully saturated rings. The number of carboxylic acid groups (broad SMARTS) is 1. The molecule has 0 spiro atoms. The molecule has 0 atom stereocenters. The Hall–Kier alpha value is -3.45. The molecule has 0 bridgehead atoms. The van der Waals surface area contributed by atoms with Crippen LogP contribution in [0.5, 0.6) is 11.8 Å². The van der Waals surface area contributed by atoms with Gasteiger partial charge in [0.2, 0.25) is 0 Å². The lowest BCUT2D eigenvalue weighted by atomic mass is 10.1. The van der Waals surface area contributed by atoms with E-state index < -0.39 is 11.8 Å². The standard InChI is InChI=1S/C20H13ClFN3O3/c1-10-5-6-13(8-14(10)19(26)27)28-20-23-16-9-15(21)17(24-18(16)25-20)11-3-2-4-12(22)7-11/h2-9H,1H3,(H,26,27)(H,23,24,25). The van der Waals surface area contributed by atoms with Gasteiger partial charge in [-0.1, -0.05) is 29.8 Å². The van der Waals surface area contributed by atoms with Crippen LogP contribution >= 0.6 is 11.6 Å². The van der Waals surface area contributed by atoms with E-state index in [0.717, 1.165) is 0 Å². The molecule has 4 rings (SSSR count). The topological polar surface area (TPSA) is 88.1 Å². The number of aromatic carboxylic acids is 1. The average molecular weight is 398 g/mol. The molecule has 0 aliphatic rings. The number of hydrogen-bond donors (Lipinski definition) is 2. The molecular formula is C20H13ClFN3O3. The van der Waals surface area contributed by atoms with E-state index in [1.54, 1.807) is 37.3 Å². The fourth-order valence-electron chi connectivity index (χ4n) is 2.79. The molecule has 140 valence electrons. The van der Waals surface area contributed by atoms with Crippen LogP contribution in [0, 0.1) is 12.7 Å². The lowest BCUT2D eigenvalue weighted by Crippen LogP contribution is -2.00. The summed E-state index contributed by atoms with van der Waals surface area (Å²) in [5.74, 6) is -1.12. The molecule has 0 saturated heterocycles. The van der Waals surface area contributed by atoms with E-state index >= 15 is 0 Å². The first-order valence-corrected chi connectivity index (χ1v) is 8.62. The number of nitrogens with one attached hydrogen (secondary N) is 1. The number of nitrogens with zero attached hydrogens (tertiary/aromatic N) is 2. The summed E-state index contributed by atoms with van der Waals surface area (Å²) < 4.78 is 19.1. The van der Waals surface area contributed by atoms with E-state index in [-0.39, 0.29) is 11.6 Å². The van der Waals surface area contributed by atoms with Crippen molar-refractivity contribution >= 4 is 28.7 Å². The quantitative estimate of drug-likeness (QED) is 0.493. The molecular weight excluding hydrogens is 385 g/mol. The monoisotopic (exact) mass is 397 g/mol. The first-order valence-electron chi connectivity index (χ1n) is 8.25. The minimum Gasteiger partial charge on any atom is -0.478 e. The smallest absolute Gasteiger partial charge is 0.336 e. The normalized spacial score (nSPS) is 11.0. The van der Waals surface area contributed by atoms with Crippen LogP contribution in [0.4, 0.5) is 4.39 Å². The third kappa shape index (κ3) is 3.39. The molecule has 6 nitrogen and oxygen atoms in total. The fourth-order valence-corrected chi connectivity index (χ4v) is 3.05. The van der Waals surface area contributed by atoms with E-state index in [2.05, 4.69) is 15.0 Å². The molecule has 0 unspecified atom stereocenters. The number of rotatable bonds is 4. The molecule has 0 amide bonds. The summed E-state index contributed by atoms with van der Waals surface area (Å²) in [5, 5.41) is 9.56. The highest BCUT2D eigenvalue weighted by atomic mass is 35.5. The van der Waals surface area contributed by atoms with Crippen molar-refractivity contribution in [1.29, 1.82) is 0 Å². The van der Waals surface area contributed by atoms with Crippen molar-refractivity contribution in [3.05, 3.63) is 70.5 Å². The number of carbonyl (C=O) groups is 1. The number of benzene rings is 2. The summed E-state index contributed by atoms with van der Waals surface area (Å²) in [6.07, 6.45) is 0. The molecule has 28 heavy (non-hydrogen) atoms. The summed E-state index contributed by atoms with van der Waals surface area (Å²) in [5.41, 5.74) is 2.56. The number of fused-ring (bicyclic) bond motifs is 1. The van der Waals surface area contributed by atoms with Crippen molar-refractivity contribution in [2.24, 2.45) is 0 Å². The van der Waals surface area contributed by atoms with Crippen molar-refractivity contribution in [3.63, 3.8) is 0 Å². The molecule has 0 aliphatic heterocycles. The van der Waals surface area contributed by atoms with Gasteiger partial charge < -0.3 is 14.8 Å². The number of ether oxygens (including phenoxy) is 1. The van der Waals surface area contributed by atoms with Crippen LogP contribution in [-0.4, -0.2) is 26.0 Å².